The van der Waals surface area contributed by atoms with Crippen LogP contribution in [0.4, 0.5) is 0 Å². The van der Waals surface area contributed by atoms with E-state index < -0.39 is 39.7 Å². The minimum absolute atomic E-state index is 0.0962. The third-order valence-corrected chi connectivity index (χ3v) is 6.45. The van der Waals surface area contributed by atoms with E-state index in [9.17, 15) is 23.1 Å². The highest BCUT2D eigenvalue weighted by Crippen LogP contribution is 2.27. The Hall–Kier alpha value is -1.54. The molecule has 0 amide bonds. The van der Waals surface area contributed by atoms with E-state index in [0.717, 1.165) is 5.56 Å². The first-order chi connectivity index (χ1) is 12.7. The zero-order valence-electron chi connectivity index (χ0n) is 14.3. The van der Waals surface area contributed by atoms with Crippen LogP contribution in [-0.2, 0) is 14.8 Å². The molecule has 0 saturated carbocycles. The van der Waals surface area contributed by atoms with Gasteiger partial charge in [-0.25, -0.2) is 17.9 Å². The first kappa shape index (κ1) is 20.2. The maximum atomic E-state index is 12.4. The van der Waals surface area contributed by atoms with Crippen molar-refractivity contribution in [2.75, 3.05) is 6.54 Å². The molecule has 0 aliphatic carbocycles. The molecule has 0 radical (unpaired) electrons. The Kier molecular flexibility index (Phi) is 5.86. The van der Waals surface area contributed by atoms with Crippen LogP contribution in [0.25, 0.3) is 0 Å². The number of aryl methyl sites for hydroxylation is 1. The van der Waals surface area contributed by atoms with Gasteiger partial charge in [-0.1, -0.05) is 17.7 Å². The molecular weight excluding hydrogens is 489 g/mol. The van der Waals surface area contributed by atoms with Gasteiger partial charge in [0.05, 0.1) is 20.7 Å². The van der Waals surface area contributed by atoms with Gasteiger partial charge < -0.3 is 9.84 Å². The minimum Gasteiger partial charge on any atom is -0.390 e. The molecule has 1 aromatic carbocycles. The molecule has 3 atom stereocenters. The topological polar surface area (TPSA) is 130 Å². The van der Waals surface area contributed by atoms with Crippen molar-refractivity contribution in [3.8, 4) is 0 Å². The van der Waals surface area contributed by atoms with Gasteiger partial charge in [0, 0.05) is 19.2 Å². The van der Waals surface area contributed by atoms with Crippen molar-refractivity contribution in [2.45, 2.75) is 36.7 Å². The molecule has 1 saturated heterocycles. The second-order valence-electron chi connectivity index (χ2n) is 6.24. The number of aliphatic hydroxyl groups excluding tert-OH is 1. The van der Waals surface area contributed by atoms with Gasteiger partial charge in [0.1, 0.15) is 6.23 Å². The number of hydrogen-bond acceptors (Lipinski definition) is 6. The smallest absolute Gasteiger partial charge is 0.330 e. The summed E-state index contributed by atoms with van der Waals surface area (Å²) >= 11 is 1.79. The highest BCUT2D eigenvalue weighted by molar-refractivity contribution is 14.1. The number of hydrogen-bond donors (Lipinski definition) is 3. The minimum atomic E-state index is -3.75. The predicted octanol–water partition coefficient (Wildman–Crippen LogP) is 0.0765. The normalized spacial score (nSPS) is 22.9. The fraction of sp³-hybridized carbons (Fsp3) is 0.375. The van der Waals surface area contributed by atoms with Gasteiger partial charge in [-0.05, 0) is 41.6 Å². The SMILES string of the molecule is Cc1ccc(S(=O)(=O)NC[C@H]2O[C@@H](n3cc(I)c(=O)[nH]c3=O)C[C@@H]2O)cc1. The van der Waals surface area contributed by atoms with Gasteiger partial charge in [-0.2, -0.15) is 0 Å². The molecule has 1 aromatic heterocycles. The largest absolute Gasteiger partial charge is 0.390 e. The first-order valence-electron chi connectivity index (χ1n) is 8.08. The van der Waals surface area contributed by atoms with Crippen molar-refractivity contribution < 1.29 is 18.3 Å². The maximum Gasteiger partial charge on any atom is 0.330 e. The molecule has 27 heavy (non-hydrogen) atoms. The van der Waals surface area contributed by atoms with E-state index in [0.29, 0.717) is 3.57 Å². The zero-order valence-corrected chi connectivity index (χ0v) is 17.2. The Balaban J connectivity index is 1.70. The number of nitrogens with zero attached hydrogens (tertiary/aromatic N) is 1. The number of aromatic nitrogens is 2. The summed E-state index contributed by atoms with van der Waals surface area (Å²) in [5.74, 6) is 0. The van der Waals surface area contributed by atoms with Gasteiger partial charge in [0.25, 0.3) is 5.56 Å². The van der Waals surface area contributed by atoms with Crippen molar-refractivity contribution >= 4 is 32.6 Å². The summed E-state index contributed by atoms with van der Waals surface area (Å²) in [6.45, 7) is 1.70. The summed E-state index contributed by atoms with van der Waals surface area (Å²) in [6, 6.07) is 6.37. The van der Waals surface area contributed by atoms with E-state index in [2.05, 4.69) is 9.71 Å². The number of rotatable bonds is 5. The Morgan fingerprint density at radius 2 is 2.00 bits per heavy atom. The standard InChI is InChI=1S/C16H18IN3O6S/c1-9-2-4-10(5-3-9)27(24,25)18-7-13-12(21)6-14(26-13)20-8-11(17)15(22)19-16(20)23/h2-5,8,12-14,18,21H,6-7H2,1H3,(H,19,22,23)/t12-,13+,14+/m0/s1. The second-order valence-corrected chi connectivity index (χ2v) is 9.17. The lowest BCUT2D eigenvalue weighted by molar-refractivity contribution is -0.0169. The molecule has 1 aliphatic heterocycles. The van der Waals surface area contributed by atoms with E-state index in [-0.39, 0.29) is 17.9 Å². The van der Waals surface area contributed by atoms with Crippen LogP contribution in [0.2, 0.25) is 0 Å². The van der Waals surface area contributed by atoms with E-state index >= 15 is 0 Å². The van der Waals surface area contributed by atoms with Crippen LogP contribution in [0, 0.1) is 10.5 Å². The van der Waals surface area contributed by atoms with Crippen molar-refractivity contribution in [1.29, 1.82) is 0 Å². The Morgan fingerprint density at radius 3 is 2.67 bits per heavy atom. The number of nitrogens with one attached hydrogen (secondary N) is 2. The zero-order chi connectivity index (χ0) is 19.8. The van der Waals surface area contributed by atoms with Crippen LogP contribution < -0.4 is 16.0 Å². The highest BCUT2D eigenvalue weighted by atomic mass is 127. The number of halogens is 1. The molecule has 1 aliphatic rings. The lowest BCUT2D eigenvalue weighted by atomic mass is 10.2. The third-order valence-electron chi connectivity index (χ3n) is 4.24. The van der Waals surface area contributed by atoms with Crippen molar-refractivity contribution in [2.24, 2.45) is 0 Å². The molecular formula is C16H18IN3O6S. The Labute approximate surface area is 168 Å². The van der Waals surface area contributed by atoms with Crippen molar-refractivity contribution in [3.63, 3.8) is 0 Å². The summed E-state index contributed by atoms with van der Waals surface area (Å²) in [4.78, 5) is 25.7. The maximum absolute atomic E-state index is 12.4. The van der Waals surface area contributed by atoms with Crippen molar-refractivity contribution in [1.82, 2.24) is 14.3 Å². The van der Waals surface area contributed by atoms with E-state index in [1.807, 2.05) is 6.92 Å². The lowest BCUT2D eigenvalue weighted by Gasteiger charge is -2.17. The van der Waals surface area contributed by atoms with Crippen LogP contribution in [0.1, 0.15) is 18.2 Å². The van der Waals surface area contributed by atoms with E-state index in [1.165, 1.54) is 22.9 Å². The number of H-pyrrole nitrogens is 1. The summed E-state index contributed by atoms with van der Waals surface area (Å²) < 4.78 is 34.2. The molecule has 0 unspecified atom stereocenters. The van der Waals surface area contributed by atoms with Gasteiger partial charge in [-0.15, -0.1) is 0 Å². The van der Waals surface area contributed by atoms with Crippen LogP contribution in [-0.4, -0.2) is 41.8 Å². The van der Waals surface area contributed by atoms with Gasteiger partial charge >= 0.3 is 5.69 Å². The third kappa shape index (κ3) is 4.48. The fourth-order valence-electron chi connectivity index (χ4n) is 2.74. The van der Waals surface area contributed by atoms with Gasteiger partial charge in [0.2, 0.25) is 10.0 Å². The molecule has 11 heteroatoms. The summed E-state index contributed by atoms with van der Waals surface area (Å²) in [6.07, 6.45) is -1.15. The summed E-state index contributed by atoms with van der Waals surface area (Å²) in [5.41, 5.74) is -0.219. The van der Waals surface area contributed by atoms with Crippen LogP contribution >= 0.6 is 22.6 Å². The van der Waals surface area contributed by atoms with E-state index in [4.69, 9.17) is 4.74 Å². The van der Waals surface area contributed by atoms with E-state index in [1.54, 1.807) is 34.7 Å². The number of benzene rings is 1. The van der Waals surface area contributed by atoms with Crippen LogP contribution in [0.5, 0.6) is 0 Å². The molecule has 2 heterocycles. The fourth-order valence-corrected chi connectivity index (χ4v) is 4.22. The molecule has 146 valence electrons. The number of aromatic amines is 1. The predicted molar refractivity (Wildman–Crippen MR) is 105 cm³/mol. The second kappa shape index (κ2) is 7.83. The molecule has 2 aromatic rings. The van der Waals surface area contributed by atoms with Crippen LogP contribution in [0.3, 0.4) is 0 Å². The monoisotopic (exact) mass is 507 g/mol. The Bertz CT molecular complexity index is 1050. The molecule has 0 spiro atoms. The lowest BCUT2D eigenvalue weighted by Crippen LogP contribution is -2.37. The molecule has 9 nitrogen and oxygen atoms in total. The average molecular weight is 507 g/mol. The molecule has 0 bridgehead atoms. The summed E-state index contributed by atoms with van der Waals surface area (Å²) in [7, 11) is -3.75. The average Bonchev–Trinajstić information content (AvgIpc) is 2.97. The van der Waals surface area contributed by atoms with Gasteiger partial charge in [-0.3, -0.25) is 14.3 Å². The molecule has 3 rings (SSSR count). The quantitative estimate of drug-likeness (QED) is 0.492. The number of ether oxygens (including phenoxy) is 1. The highest BCUT2D eigenvalue weighted by Gasteiger charge is 2.36. The first-order valence-corrected chi connectivity index (χ1v) is 10.6. The number of sulfonamides is 1. The molecule has 3 N–H and O–H groups in total. The van der Waals surface area contributed by atoms with Crippen LogP contribution in [0.15, 0.2) is 44.9 Å². The number of aliphatic hydroxyl groups is 1. The Morgan fingerprint density at radius 1 is 1.33 bits per heavy atom. The van der Waals surface area contributed by atoms with Gasteiger partial charge in [0.15, 0.2) is 0 Å². The molecule has 1 fully saturated rings. The van der Waals surface area contributed by atoms with Crippen molar-refractivity contribution in [3.05, 3.63) is 60.4 Å². The summed E-state index contributed by atoms with van der Waals surface area (Å²) in [5, 5.41) is 10.2.